The van der Waals surface area contributed by atoms with Gasteiger partial charge in [0, 0.05) is 12.1 Å². The van der Waals surface area contributed by atoms with Crippen LogP contribution < -0.4 is 5.32 Å². The van der Waals surface area contributed by atoms with E-state index in [1.54, 1.807) is 10.7 Å². The van der Waals surface area contributed by atoms with Gasteiger partial charge in [-0.3, -0.25) is 9.48 Å². The Balaban J connectivity index is 1.56. The van der Waals surface area contributed by atoms with Crippen LogP contribution in [0.5, 0.6) is 0 Å². The summed E-state index contributed by atoms with van der Waals surface area (Å²) >= 11 is 6.17. The molecule has 0 radical (unpaired) electrons. The highest BCUT2D eigenvalue weighted by molar-refractivity contribution is 6.31. The Bertz CT molecular complexity index is 1150. The van der Waals surface area contributed by atoms with Crippen LogP contribution in [0.1, 0.15) is 21.9 Å². The summed E-state index contributed by atoms with van der Waals surface area (Å²) in [6.45, 7) is 4.67. The first kappa shape index (κ1) is 18.1. The van der Waals surface area contributed by atoms with Crippen molar-refractivity contribution in [2.75, 3.05) is 6.54 Å². The van der Waals surface area contributed by atoms with Gasteiger partial charge in [-0.2, -0.15) is 19.7 Å². The quantitative estimate of drug-likeness (QED) is 0.561. The van der Waals surface area contributed by atoms with Gasteiger partial charge in [-0.1, -0.05) is 41.9 Å². The number of amides is 1. The summed E-state index contributed by atoms with van der Waals surface area (Å²) < 4.78 is 3.22. The van der Waals surface area contributed by atoms with E-state index in [4.69, 9.17) is 11.6 Å². The van der Waals surface area contributed by atoms with Crippen LogP contribution in [0.4, 0.5) is 0 Å². The zero-order chi connectivity index (χ0) is 19.7. The second kappa shape index (κ2) is 7.40. The Morgan fingerprint density at radius 1 is 1.21 bits per heavy atom. The fraction of sp³-hybridized carbons (Fsp3) is 0.211. The summed E-state index contributed by atoms with van der Waals surface area (Å²) in [7, 11) is 0. The first-order valence-corrected chi connectivity index (χ1v) is 9.16. The lowest BCUT2D eigenvalue weighted by Crippen LogP contribution is -2.29. The molecule has 142 valence electrons. The largest absolute Gasteiger partial charge is 0.349 e. The number of aromatic nitrogens is 6. The molecule has 3 aromatic heterocycles. The SMILES string of the molecule is Cc1nn(CCNC(=O)c2cc(-c3ccccc3)nc3ncnn23)c(C)c1Cl. The summed E-state index contributed by atoms with van der Waals surface area (Å²) in [5.41, 5.74) is 3.59. The van der Waals surface area contributed by atoms with E-state index in [2.05, 4.69) is 25.5 Å². The highest BCUT2D eigenvalue weighted by Crippen LogP contribution is 2.19. The molecule has 0 spiro atoms. The molecule has 4 aromatic rings. The van der Waals surface area contributed by atoms with Gasteiger partial charge in [0.1, 0.15) is 12.0 Å². The molecule has 4 rings (SSSR count). The molecule has 0 fully saturated rings. The van der Waals surface area contributed by atoms with Crippen LogP contribution in [0.2, 0.25) is 5.02 Å². The van der Waals surface area contributed by atoms with Crippen molar-refractivity contribution < 1.29 is 4.79 Å². The van der Waals surface area contributed by atoms with E-state index in [1.807, 2.05) is 44.2 Å². The van der Waals surface area contributed by atoms with Crippen LogP contribution in [0.25, 0.3) is 17.0 Å². The Morgan fingerprint density at radius 3 is 2.71 bits per heavy atom. The maximum atomic E-state index is 12.8. The number of halogens is 1. The Hall–Kier alpha value is -3.26. The van der Waals surface area contributed by atoms with Gasteiger partial charge in [-0.25, -0.2) is 4.98 Å². The first-order valence-electron chi connectivity index (χ1n) is 8.78. The van der Waals surface area contributed by atoms with Gasteiger partial charge in [0.05, 0.1) is 28.6 Å². The highest BCUT2D eigenvalue weighted by atomic mass is 35.5. The third-order valence-corrected chi connectivity index (χ3v) is 5.00. The second-order valence-electron chi connectivity index (χ2n) is 6.33. The molecule has 0 aliphatic carbocycles. The number of nitrogens with one attached hydrogen (secondary N) is 1. The van der Waals surface area contributed by atoms with Gasteiger partial charge in [0.2, 0.25) is 0 Å². The molecule has 1 aromatic carbocycles. The standard InChI is InChI=1S/C19H18ClN7O/c1-12-17(20)13(2)26(25-12)9-8-21-18(28)16-10-15(14-6-4-3-5-7-14)24-19-22-11-23-27(16)19/h3-7,10-11H,8-9H2,1-2H3,(H,21,28). The minimum absolute atomic E-state index is 0.261. The number of hydrogen-bond acceptors (Lipinski definition) is 5. The van der Waals surface area contributed by atoms with Crippen LogP contribution in [0.3, 0.4) is 0 Å². The number of nitrogens with zero attached hydrogens (tertiary/aromatic N) is 6. The molecule has 28 heavy (non-hydrogen) atoms. The zero-order valence-corrected chi connectivity index (χ0v) is 16.2. The molecule has 1 amide bonds. The summed E-state index contributed by atoms with van der Waals surface area (Å²) in [5.74, 6) is 0.111. The van der Waals surface area contributed by atoms with E-state index in [0.717, 1.165) is 17.0 Å². The number of benzene rings is 1. The van der Waals surface area contributed by atoms with Crippen molar-refractivity contribution in [3.63, 3.8) is 0 Å². The predicted octanol–water partition coefficient (Wildman–Crippen LogP) is 2.69. The van der Waals surface area contributed by atoms with Crippen LogP contribution in [-0.2, 0) is 6.54 Å². The van der Waals surface area contributed by atoms with E-state index in [9.17, 15) is 4.79 Å². The molecular weight excluding hydrogens is 378 g/mol. The zero-order valence-electron chi connectivity index (χ0n) is 15.4. The Labute approximate surface area is 166 Å². The van der Waals surface area contributed by atoms with Crippen LogP contribution in [0.15, 0.2) is 42.7 Å². The number of fused-ring (bicyclic) bond motifs is 1. The average molecular weight is 396 g/mol. The lowest BCUT2D eigenvalue weighted by Gasteiger charge is -2.09. The number of aryl methyl sites for hydroxylation is 1. The third-order valence-electron chi connectivity index (χ3n) is 4.46. The van der Waals surface area contributed by atoms with Gasteiger partial charge in [0.25, 0.3) is 11.7 Å². The summed E-state index contributed by atoms with van der Waals surface area (Å²) in [6, 6.07) is 11.4. The maximum absolute atomic E-state index is 12.8. The van der Waals surface area contributed by atoms with Crippen LogP contribution in [-0.4, -0.2) is 41.8 Å². The van der Waals surface area contributed by atoms with E-state index in [-0.39, 0.29) is 5.91 Å². The van der Waals surface area contributed by atoms with Crippen molar-refractivity contribution >= 4 is 23.3 Å². The fourth-order valence-electron chi connectivity index (χ4n) is 2.99. The maximum Gasteiger partial charge on any atom is 0.270 e. The minimum Gasteiger partial charge on any atom is -0.349 e. The Kier molecular flexibility index (Phi) is 4.79. The number of carbonyl (C=O) groups excluding carboxylic acids is 1. The molecule has 0 aliphatic rings. The first-order chi connectivity index (χ1) is 13.5. The number of rotatable bonds is 5. The monoisotopic (exact) mass is 395 g/mol. The molecular formula is C19H18ClN7O. The molecule has 8 nitrogen and oxygen atoms in total. The van der Waals surface area contributed by atoms with Crippen molar-refractivity contribution in [2.45, 2.75) is 20.4 Å². The average Bonchev–Trinajstić information content (AvgIpc) is 3.28. The van der Waals surface area contributed by atoms with Gasteiger partial charge >= 0.3 is 0 Å². The number of hydrogen-bond donors (Lipinski definition) is 1. The van der Waals surface area contributed by atoms with Crippen molar-refractivity contribution in [3.05, 3.63) is 64.8 Å². The van der Waals surface area contributed by atoms with E-state index >= 15 is 0 Å². The molecule has 0 unspecified atom stereocenters. The van der Waals surface area contributed by atoms with Crippen molar-refractivity contribution in [3.8, 4) is 11.3 Å². The van der Waals surface area contributed by atoms with E-state index < -0.39 is 0 Å². The van der Waals surface area contributed by atoms with Crippen molar-refractivity contribution in [2.24, 2.45) is 0 Å². The molecule has 1 N–H and O–H groups in total. The predicted molar refractivity (Wildman–Crippen MR) is 105 cm³/mol. The molecule has 0 bridgehead atoms. The van der Waals surface area contributed by atoms with Gasteiger partial charge in [0.15, 0.2) is 0 Å². The second-order valence-corrected chi connectivity index (χ2v) is 6.71. The third kappa shape index (κ3) is 3.34. The van der Waals surface area contributed by atoms with Crippen LogP contribution in [0, 0.1) is 13.8 Å². The molecule has 9 heteroatoms. The molecule has 0 saturated heterocycles. The lowest BCUT2D eigenvalue weighted by molar-refractivity contribution is 0.0944. The van der Waals surface area contributed by atoms with Gasteiger partial charge < -0.3 is 5.32 Å². The van der Waals surface area contributed by atoms with Crippen molar-refractivity contribution in [1.29, 1.82) is 0 Å². The summed E-state index contributed by atoms with van der Waals surface area (Å²) in [5, 5.41) is 12.0. The van der Waals surface area contributed by atoms with Gasteiger partial charge in [-0.15, -0.1) is 0 Å². The molecule has 0 atom stereocenters. The highest BCUT2D eigenvalue weighted by Gasteiger charge is 2.16. The topological polar surface area (TPSA) is 90.0 Å². The van der Waals surface area contributed by atoms with Crippen molar-refractivity contribution in [1.82, 2.24) is 34.7 Å². The Morgan fingerprint density at radius 2 is 2.00 bits per heavy atom. The summed E-state index contributed by atoms with van der Waals surface area (Å²) in [6.07, 6.45) is 1.38. The van der Waals surface area contributed by atoms with Crippen LogP contribution >= 0.6 is 11.6 Å². The fourth-order valence-corrected chi connectivity index (χ4v) is 3.12. The van der Waals surface area contributed by atoms with E-state index in [1.165, 1.54) is 10.8 Å². The smallest absolute Gasteiger partial charge is 0.270 e. The summed E-state index contributed by atoms with van der Waals surface area (Å²) in [4.78, 5) is 21.4. The molecule has 3 heterocycles. The normalized spacial score (nSPS) is 11.1. The minimum atomic E-state index is -0.261. The lowest BCUT2D eigenvalue weighted by atomic mass is 10.1. The van der Waals surface area contributed by atoms with E-state index in [0.29, 0.717) is 35.3 Å². The van der Waals surface area contributed by atoms with Gasteiger partial charge in [-0.05, 0) is 19.9 Å². The molecule has 0 aliphatic heterocycles. The molecule has 0 saturated carbocycles. The number of carbonyl (C=O) groups is 1.